The van der Waals surface area contributed by atoms with Crippen LogP contribution in [-0.2, 0) is 9.63 Å². The van der Waals surface area contributed by atoms with Crippen molar-refractivity contribution in [3.63, 3.8) is 0 Å². The van der Waals surface area contributed by atoms with Crippen LogP contribution in [0.5, 0.6) is 0 Å². The Kier molecular flexibility index (Phi) is 2.10. The minimum absolute atomic E-state index is 0.215. The number of Topliss-reactive ketones (excluding diaryl/α,β-unsaturated/α-hetero) is 1. The first kappa shape index (κ1) is 9.06. The fourth-order valence-corrected chi connectivity index (χ4v) is 3.51. The lowest BCUT2D eigenvalue weighted by Gasteiger charge is -2.22. The Hall–Kier alpha value is -0.510. The first-order valence-corrected chi connectivity index (χ1v) is 5.54. The van der Waals surface area contributed by atoms with E-state index < -0.39 is 0 Å². The molecule has 0 amide bonds. The van der Waals surface area contributed by atoms with Gasteiger partial charge in [0.2, 0.25) is 0 Å². The summed E-state index contributed by atoms with van der Waals surface area (Å²) in [5, 5.41) is 4.02. The lowest BCUT2D eigenvalue weighted by molar-refractivity contribution is -0.117. The van der Waals surface area contributed by atoms with E-state index in [1.54, 1.807) is 18.7 Å². The molecular weight excluding hydrogens is 186 g/mol. The summed E-state index contributed by atoms with van der Waals surface area (Å²) in [6, 6.07) is 0. The van der Waals surface area contributed by atoms with Crippen molar-refractivity contribution in [1.29, 1.82) is 0 Å². The number of hydrogen-bond acceptors (Lipinski definition) is 4. The summed E-state index contributed by atoms with van der Waals surface area (Å²) in [6.07, 6.45) is 0.825. The van der Waals surface area contributed by atoms with E-state index in [0.717, 1.165) is 17.9 Å². The van der Waals surface area contributed by atoms with Crippen molar-refractivity contribution in [2.45, 2.75) is 25.0 Å². The van der Waals surface area contributed by atoms with Gasteiger partial charge in [-0.05, 0) is 13.3 Å². The number of oxime groups is 1. The zero-order valence-electron chi connectivity index (χ0n) is 7.87. The summed E-state index contributed by atoms with van der Waals surface area (Å²) in [5.41, 5.74) is 0.979. The Labute approximate surface area is 81.9 Å². The number of ketones is 1. The molecule has 0 aromatic heterocycles. The van der Waals surface area contributed by atoms with Gasteiger partial charge < -0.3 is 4.84 Å². The van der Waals surface area contributed by atoms with E-state index >= 15 is 0 Å². The van der Waals surface area contributed by atoms with Crippen molar-refractivity contribution in [2.24, 2.45) is 11.1 Å². The molecule has 0 aromatic carbocycles. The van der Waals surface area contributed by atoms with Crippen molar-refractivity contribution in [1.82, 2.24) is 0 Å². The highest BCUT2D eigenvalue weighted by Crippen LogP contribution is 2.44. The lowest BCUT2D eigenvalue weighted by Crippen LogP contribution is -2.39. The summed E-state index contributed by atoms with van der Waals surface area (Å²) >= 11 is 1.73. The van der Waals surface area contributed by atoms with E-state index in [-0.39, 0.29) is 10.5 Å². The lowest BCUT2D eigenvalue weighted by atomic mass is 9.89. The molecule has 0 radical (unpaired) electrons. The molecule has 0 spiro atoms. The Balaban J connectivity index is 2.36. The molecule has 1 saturated heterocycles. The van der Waals surface area contributed by atoms with E-state index in [9.17, 15) is 4.79 Å². The predicted octanol–water partition coefficient (Wildman–Crippen LogP) is 1.47. The second-order valence-corrected chi connectivity index (χ2v) is 4.84. The van der Waals surface area contributed by atoms with Crippen LogP contribution in [0.1, 0.15) is 20.3 Å². The SMILES string of the molecule is CC[C@@]1(C(C)=O)SC[C@H]2CON=C21. The molecule has 0 aromatic rings. The molecule has 13 heavy (non-hydrogen) atoms. The van der Waals surface area contributed by atoms with E-state index in [1.165, 1.54) is 0 Å². The van der Waals surface area contributed by atoms with Crippen molar-refractivity contribution in [3.05, 3.63) is 0 Å². The zero-order chi connectivity index (χ0) is 9.47. The normalized spacial score (nSPS) is 36.8. The fraction of sp³-hybridized carbons (Fsp3) is 0.778. The van der Waals surface area contributed by atoms with Gasteiger partial charge in [0.15, 0.2) is 5.78 Å². The maximum atomic E-state index is 11.6. The third-order valence-corrected chi connectivity index (χ3v) is 4.68. The summed E-state index contributed by atoms with van der Waals surface area (Å²) < 4.78 is -0.360. The Morgan fingerprint density at radius 3 is 3.23 bits per heavy atom. The molecule has 1 fully saturated rings. The number of nitrogens with zero attached hydrogens (tertiary/aromatic N) is 1. The molecular formula is C9H13NO2S. The van der Waals surface area contributed by atoms with Crippen LogP contribution in [0.4, 0.5) is 0 Å². The van der Waals surface area contributed by atoms with Crippen LogP contribution in [0.3, 0.4) is 0 Å². The molecule has 0 saturated carbocycles. The monoisotopic (exact) mass is 199 g/mol. The average molecular weight is 199 g/mol. The van der Waals surface area contributed by atoms with Gasteiger partial charge in [-0.1, -0.05) is 12.1 Å². The maximum Gasteiger partial charge on any atom is 0.151 e. The van der Waals surface area contributed by atoms with Gasteiger partial charge in [0.1, 0.15) is 11.4 Å². The number of carbonyl (C=O) groups is 1. The molecule has 2 aliphatic heterocycles. The van der Waals surface area contributed by atoms with Crippen LogP contribution in [0.25, 0.3) is 0 Å². The topological polar surface area (TPSA) is 38.7 Å². The second kappa shape index (κ2) is 3.01. The van der Waals surface area contributed by atoms with Gasteiger partial charge in [0, 0.05) is 11.7 Å². The highest BCUT2D eigenvalue weighted by atomic mass is 32.2. The van der Waals surface area contributed by atoms with Crippen LogP contribution in [-0.4, -0.2) is 28.6 Å². The predicted molar refractivity (Wildman–Crippen MR) is 53.0 cm³/mol. The number of thioether (sulfide) groups is 1. The number of rotatable bonds is 2. The highest BCUT2D eigenvalue weighted by molar-refractivity contribution is 8.02. The van der Waals surface area contributed by atoms with E-state index in [2.05, 4.69) is 5.16 Å². The molecule has 2 heterocycles. The molecule has 2 rings (SSSR count). The zero-order valence-corrected chi connectivity index (χ0v) is 8.69. The van der Waals surface area contributed by atoms with Crippen molar-refractivity contribution >= 4 is 23.3 Å². The molecule has 72 valence electrons. The van der Waals surface area contributed by atoms with Crippen LogP contribution >= 0.6 is 11.8 Å². The summed E-state index contributed by atoms with van der Waals surface area (Å²) in [4.78, 5) is 16.6. The van der Waals surface area contributed by atoms with Crippen LogP contribution in [0, 0.1) is 5.92 Å². The molecule has 2 atom stereocenters. The van der Waals surface area contributed by atoms with Crippen molar-refractivity contribution < 1.29 is 9.63 Å². The van der Waals surface area contributed by atoms with Gasteiger partial charge in [-0.3, -0.25) is 4.79 Å². The summed E-state index contributed by atoms with van der Waals surface area (Å²) in [7, 11) is 0. The number of fused-ring (bicyclic) bond motifs is 1. The Morgan fingerprint density at radius 2 is 2.62 bits per heavy atom. The minimum Gasteiger partial charge on any atom is -0.395 e. The molecule has 0 N–H and O–H groups in total. The van der Waals surface area contributed by atoms with Crippen molar-refractivity contribution in [3.8, 4) is 0 Å². The second-order valence-electron chi connectivity index (χ2n) is 3.52. The molecule has 4 heteroatoms. The minimum atomic E-state index is -0.360. The Morgan fingerprint density at radius 1 is 1.85 bits per heavy atom. The van der Waals surface area contributed by atoms with Gasteiger partial charge >= 0.3 is 0 Å². The molecule has 0 unspecified atom stereocenters. The van der Waals surface area contributed by atoms with Gasteiger partial charge in [-0.15, -0.1) is 11.8 Å². The van der Waals surface area contributed by atoms with E-state index in [4.69, 9.17) is 4.84 Å². The maximum absolute atomic E-state index is 11.6. The molecule has 3 nitrogen and oxygen atoms in total. The summed E-state index contributed by atoms with van der Waals surface area (Å²) in [6.45, 7) is 4.36. The van der Waals surface area contributed by atoms with E-state index in [1.807, 2.05) is 6.92 Å². The molecule has 0 aliphatic carbocycles. The quantitative estimate of drug-likeness (QED) is 0.676. The smallest absolute Gasteiger partial charge is 0.151 e. The highest BCUT2D eigenvalue weighted by Gasteiger charge is 2.51. The number of hydrogen-bond donors (Lipinski definition) is 0. The molecule has 2 aliphatic rings. The third kappa shape index (κ3) is 1.11. The van der Waals surface area contributed by atoms with Crippen LogP contribution < -0.4 is 0 Å². The van der Waals surface area contributed by atoms with Gasteiger partial charge in [-0.2, -0.15) is 0 Å². The number of carbonyl (C=O) groups excluding carboxylic acids is 1. The van der Waals surface area contributed by atoms with Crippen LogP contribution in [0.15, 0.2) is 5.16 Å². The Bertz CT molecular complexity index is 277. The average Bonchev–Trinajstić information content (AvgIpc) is 2.62. The summed E-state index contributed by atoms with van der Waals surface area (Å²) in [5.74, 6) is 1.58. The van der Waals surface area contributed by atoms with E-state index in [0.29, 0.717) is 12.5 Å². The third-order valence-electron chi connectivity index (χ3n) is 2.84. The van der Waals surface area contributed by atoms with Crippen LogP contribution in [0.2, 0.25) is 0 Å². The van der Waals surface area contributed by atoms with Gasteiger partial charge in [0.25, 0.3) is 0 Å². The standard InChI is InChI=1S/C9H13NO2S/c1-3-9(6(2)11)8-7(5-13-9)4-12-10-8/h7H,3-5H2,1-2H3/t7-,9+/m1/s1. The largest absolute Gasteiger partial charge is 0.395 e. The first-order valence-electron chi connectivity index (χ1n) is 4.56. The van der Waals surface area contributed by atoms with Gasteiger partial charge in [-0.25, -0.2) is 0 Å². The van der Waals surface area contributed by atoms with Gasteiger partial charge in [0.05, 0.1) is 5.71 Å². The fourth-order valence-electron chi connectivity index (χ4n) is 2.01. The molecule has 0 bridgehead atoms. The first-order chi connectivity index (χ1) is 6.20. The van der Waals surface area contributed by atoms with Crippen molar-refractivity contribution in [2.75, 3.05) is 12.4 Å².